The predicted octanol–water partition coefficient (Wildman–Crippen LogP) is 3.53. The summed E-state index contributed by atoms with van der Waals surface area (Å²) in [4.78, 5) is 13.3. The van der Waals surface area contributed by atoms with E-state index in [4.69, 9.17) is 4.74 Å². The lowest BCUT2D eigenvalue weighted by atomic mass is 10.0. The van der Waals surface area contributed by atoms with Crippen molar-refractivity contribution >= 4 is 6.29 Å². The molecule has 3 nitrogen and oxygen atoms in total. The van der Waals surface area contributed by atoms with Crippen LogP contribution in [0.15, 0.2) is 24.3 Å². The molecule has 1 aliphatic rings. The minimum atomic E-state index is 0.671. The number of carbonyl (C=O) groups excluding carboxylic acids is 1. The number of hydrogen-bond donors (Lipinski definition) is 0. The fourth-order valence-electron chi connectivity index (χ4n) is 2.77. The molecule has 1 aromatic carbocycles. The van der Waals surface area contributed by atoms with Crippen LogP contribution in [0.5, 0.6) is 5.75 Å². The molecule has 1 atom stereocenters. The minimum Gasteiger partial charge on any atom is -0.494 e. The van der Waals surface area contributed by atoms with Crippen LogP contribution in [-0.2, 0) is 0 Å². The molecular formula is C17H25NO2. The van der Waals surface area contributed by atoms with Crippen LogP contribution in [0.1, 0.15) is 49.4 Å². The first-order valence-corrected chi connectivity index (χ1v) is 7.71. The van der Waals surface area contributed by atoms with Gasteiger partial charge >= 0.3 is 0 Å². The van der Waals surface area contributed by atoms with Gasteiger partial charge in [-0.25, -0.2) is 0 Å². The number of unbranched alkanes of at least 4 members (excludes halogenated alkanes) is 1. The van der Waals surface area contributed by atoms with E-state index >= 15 is 0 Å². The lowest BCUT2D eigenvalue weighted by Crippen LogP contribution is -2.38. The maximum atomic E-state index is 10.7. The summed E-state index contributed by atoms with van der Waals surface area (Å²) in [5.41, 5.74) is 0.671. The van der Waals surface area contributed by atoms with E-state index in [9.17, 15) is 4.79 Å². The van der Waals surface area contributed by atoms with Crippen molar-refractivity contribution in [2.75, 3.05) is 19.7 Å². The van der Waals surface area contributed by atoms with Crippen LogP contribution in [0.2, 0.25) is 0 Å². The molecule has 0 radical (unpaired) electrons. The summed E-state index contributed by atoms with van der Waals surface area (Å²) in [5.74, 6) is 0.793. The minimum absolute atomic E-state index is 0.671. The SMILES string of the molecule is CC1CCCCN1CCCCOc1cccc(C=O)c1. The first kappa shape index (κ1) is 15.0. The number of rotatable bonds is 7. The van der Waals surface area contributed by atoms with Gasteiger partial charge in [0.2, 0.25) is 0 Å². The van der Waals surface area contributed by atoms with Crippen molar-refractivity contribution in [3.8, 4) is 5.75 Å². The molecule has 0 N–H and O–H groups in total. The second kappa shape index (κ2) is 8.05. The molecule has 2 rings (SSSR count). The largest absolute Gasteiger partial charge is 0.494 e. The normalized spacial score (nSPS) is 19.8. The van der Waals surface area contributed by atoms with Gasteiger partial charge in [-0.3, -0.25) is 4.79 Å². The fourth-order valence-corrected chi connectivity index (χ4v) is 2.77. The van der Waals surface area contributed by atoms with E-state index in [-0.39, 0.29) is 0 Å². The van der Waals surface area contributed by atoms with Crippen LogP contribution >= 0.6 is 0 Å². The van der Waals surface area contributed by atoms with Crippen LogP contribution in [0.25, 0.3) is 0 Å². The van der Waals surface area contributed by atoms with Crippen molar-refractivity contribution in [1.82, 2.24) is 4.90 Å². The highest BCUT2D eigenvalue weighted by molar-refractivity contribution is 5.75. The third-order valence-electron chi connectivity index (χ3n) is 4.04. The summed E-state index contributed by atoms with van der Waals surface area (Å²) in [7, 11) is 0. The van der Waals surface area contributed by atoms with Crippen molar-refractivity contribution in [3.63, 3.8) is 0 Å². The Morgan fingerprint density at radius 2 is 2.25 bits per heavy atom. The highest BCUT2D eigenvalue weighted by atomic mass is 16.5. The zero-order chi connectivity index (χ0) is 14.2. The Bertz CT molecular complexity index is 419. The molecule has 1 fully saturated rings. The first-order chi connectivity index (χ1) is 9.79. The number of aldehydes is 1. The molecule has 0 spiro atoms. The molecule has 3 heteroatoms. The molecule has 1 aromatic rings. The maximum absolute atomic E-state index is 10.7. The highest BCUT2D eigenvalue weighted by Crippen LogP contribution is 2.17. The van der Waals surface area contributed by atoms with Crippen molar-refractivity contribution in [2.24, 2.45) is 0 Å². The van der Waals surface area contributed by atoms with Crippen LogP contribution < -0.4 is 4.74 Å². The zero-order valence-electron chi connectivity index (χ0n) is 12.4. The van der Waals surface area contributed by atoms with E-state index in [0.29, 0.717) is 5.56 Å². The third-order valence-corrected chi connectivity index (χ3v) is 4.04. The fraction of sp³-hybridized carbons (Fsp3) is 0.588. The highest BCUT2D eigenvalue weighted by Gasteiger charge is 2.16. The Morgan fingerprint density at radius 1 is 1.35 bits per heavy atom. The molecule has 1 unspecified atom stereocenters. The van der Waals surface area contributed by atoms with Crippen molar-refractivity contribution in [3.05, 3.63) is 29.8 Å². The Kier molecular flexibility index (Phi) is 6.06. The van der Waals surface area contributed by atoms with E-state index in [0.717, 1.165) is 31.1 Å². The maximum Gasteiger partial charge on any atom is 0.150 e. The molecule has 0 saturated carbocycles. The summed E-state index contributed by atoms with van der Waals surface area (Å²) >= 11 is 0. The standard InChI is InChI=1S/C17H25NO2/c1-15-7-2-3-10-18(15)11-4-5-12-20-17-9-6-8-16(13-17)14-19/h6,8-9,13-15H,2-5,7,10-12H2,1H3. The molecule has 1 saturated heterocycles. The van der Waals surface area contributed by atoms with E-state index < -0.39 is 0 Å². The number of carbonyl (C=O) groups is 1. The smallest absolute Gasteiger partial charge is 0.150 e. The topological polar surface area (TPSA) is 29.5 Å². The number of ether oxygens (including phenoxy) is 1. The second-order valence-corrected chi connectivity index (χ2v) is 5.63. The Balaban J connectivity index is 1.62. The summed E-state index contributed by atoms with van der Waals surface area (Å²) in [5, 5.41) is 0. The van der Waals surface area contributed by atoms with Crippen LogP contribution in [0, 0.1) is 0 Å². The van der Waals surface area contributed by atoms with Crippen molar-refractivity contribution < 1.29 is 9.53 Å². The van der Waals surface area contributed by atoms with Gasteiger partial charge in [0.05, 0.1) is 6.61 Å². The predicted molar refractivity (Wildman–Crippen MR) is 81.4 cm³/mol. The van der Waals surface area contributed by atoms with Gasteiger partial charge in [0.25, 0.3) is 0 Å². The van der Waals surface area contributed by atoms with E-state index in [1.165, 1.54) is 38.8 Å². The zero-order valence-corrected chi connectivity index (χ0v) is 12.4. The van der Waals surface area contributed by atoms with Gasteiger partial charge in [0.1, 0.15) is 12.0 Å². The number of hydrogen-bond acceptors (Lipinski definition) is 3. The Hall–Kier alpha value is -1.35. The number of nitrogens with zero attached hydrogens (tertiary/aromatic N) is 1. The Morgan fingerprint density at radius 3 is 3.05 bits per heavy atom. The quantitative estimate of drug-likeness (QED) is 0.563. The van der Waals surface area contributed by atoms with Gasteiger partial charge < -0.3 is 9.64 Å². The summed E-state index contributed by atoms with van der Waals surface area (Å²) in [6.07, 6.45) is 7.17. The molecular weight excluding hydrogens is 250 g/mol. The van der Waals surface area contributed by atoms with Crippen molar-refractivity contribution in [1.29, 1.82) is 0 Å². The average molecular weight is 275 g/mol. The van der Waals surface area contributed by atoms with Gasteiger partial charge in [-0.1, -0.05) is 18.6 Å². The molecule has 1 aliphatic heterocycles. The van der Waals surface area contributed by atoms with Gasteiger partial charge in [-0.05, 0) is 57.8 Å². The molecule has 0 bridgehead atoms. The van der Waals surface area contributed by atoms with Crippen LogP contribution in [0.4, 0.5) is 0 Å². The van der Waals surface area contributed by atoms with Gasteiger partial charge in [-0.15, -0.1) is 0 Å². The van der Waals surface area contributed by atoms with Crippen molar-refractivity contribution in [2.45, 2.75) is 45.1 Å². The van der Waals surface area contributed by atoms with E-state index in [1.807, 2.05) is 12.1 Å². The molecule has 110 valence electrons. The molecule has 0 aliphatic carbocycles. The number of benzene rings is 1. The lowest BCUT2D eigenvalue weighted by molar-refractivity contribution is 0.112. The molecule has 0 amide bonds. The van der Waals surface area contributed by atoms with E-state index in [2.05, 4.69) is 11.8 Å². The average Bonchev–Trinajstić information content (AvgIpc) is 2.49. The number of piperidine rings is 1. The van der Waals surface area contributed by atoms with Crippen LogP contribution in [0.3, 0.4) is 0 Å². The Labute approximate surface area is 121 Å². The summed E-state index contributed by atoms with van der Waals surface area (Å²) < 4.78 is 5.69. The van der Waals surface area contributed by atoms with Gasteiger partial charge in [0, 0.05) is 11.6 Å². The monoisotopic (exact) mass is 275 g/mol. The van der Waals surface area contributed by atoms with E-state index in [1.54, 1.807) is 12.1 Å². The summed E-state index contributed by atoms with van der Waals surface area (Å²) in [6.45, 7) is 5.49. The number of likely N-dealkylation sites (tertiary alicyclic amines) is 1. The second-order valence-electron chi connectivity index (χ2n) is 5.63. The third kappa shape index (κ3) is 4.64. The van der Waals surface area contributed by atoms with Gasteiger partial charge in [-0.2, -0.15) is 0 Å². The van der Waals surface area contributed by atoms with Crippen LogP contribution in [-0.4, -0.2) is 36.9 Å². The molecule has 20 heavy (non-hydrogen) atoms. The molecule has 1 heterocycles. The molecule has 0 aromatic heterocycles. The van der Waals surface area contributed by atoms with Gasteiger partial charge in [0.15, 0.2) is 0 Å². The lowest BCUT2D eigenvalue weighted by Gasteiger charge is -2.33. The summed E-state index contributed by atoms with van der Waals surface area (Å²) in [6, 6.07) is 8.08. The first-order valence-electron chi connectivity index (χ1n) is 7.71.